The summed E-state index contributed by atoms with van der Waals surface area (Å²) in [6, 6.07) is 7.66. The summed E-state index contributed by atoms with van der Waals surface area (Å²) in [5, 5.41) is 0. The van der Waals surface area contributed by atoms with Gasteiger partial charge in [0.2, 0.25) is 5.91 Å². The highest BCUT2D eigenvalue weighted by atomic mass is 16.6. The molecule has 146 valence electrons. The Morgan fingerprint density at radius 3 is 2.52 bits per heavy atom. The van der Waals surface area contributed by atoms with E-state index in [0.29, 0.717) is 12.3 Å². The van der Waals surface area contributed by atoms with Crippen LogP contribution in [0.3, 0.4) is 0 Å². The number of ether oxygens (including phenoxy) is 2. The van der Waals surface area contributed by atoms with Gasteiger partial charge in [-0.05, 0) is 32.8 Å². The Kier molecular flexibility index (Phi) is 5.39. The molecule has 0 atom stereocenters. The zero-order valence-electron chi connectivity index (χ0n) is 16.1. The molecule has 27 heavy (non-hydrogen) atoms. The van der Waals surface area contributed by atoms with Gasteiger partial charge >= 0.3 is 6.09 Å². The van der Waals surface area contributed by atoms with E-state index in [-0.39, 0.29) is 18.5 Å². The number of methoxy groups -OCH3 is 1. The molecule has 0 unspecified atom stereocenters. The lowest BCUT2D eigenvalue weighted by atomic mass is 10.1. The van der Waals surface area contributed by atoms with Crippen molar-refractivity contribution in [1.82, 2.24) is 9.80 Å². The minimum absolute atomic E-state index is 0.101. The molecule has 0 aromatic heterocycles. The molecule has 1 aromatic carbocycles. The fourth-order valence-corrected chi connectivity index (χ4v) is 3.74. The third kappa shape index (κ3) is 3.91. The summed E-state index contributed by atoms with van der Waals surface area (Å²) < 4.78 is 10.5. The van der Waals surface area contributed by atoms with Crippen molar-refractivity contribution in [2.75, 3.05) is 13.7 Å². The molecular formula is C20H26N2O5. The first-order valence-corrected chi connectivity index (χ1v) is 9.30. The molecule has 2 fully saturated rings. The van der Waals surface area contributed by atoms with Gasteiger partial charge in [0.05, 0.1) is 7.11 Å². The normalized spacial score (nSPS) is 19.3. The van der Waals surface area contributed by atoms with Gasteiger partial charge in [-0.3, -0.25) is 9.59 Å². The molecule has 3 rings (SSSR count). The molecule has 3 amide bonds. The second-order valence-electron chi connectivity index (χ2n) is 7.54. The van der Waals surface area contributed by atoms with E-state index >= 15 is 0 Å². The van der Waals surface area contributed by atoms with Crippen molar-refractivity contribution >= 4 is 17.9 Å². The Morgan fingerprint density at radius 1 is 1.26 bits per heavy atom. The van der Waals surface area contributed by atoms with E-state index in [4.69, 9.17) is 9.47 Å². The summed E-state index contributed by atoms with van der Waals surface area (Å²) in [6.45, 7) is 3.14. The summed E-state index contributed by atoms with van der Waals surface area (Å²) in [4.78, 5) is 40.2. The molecule has 1 saturated carbocycles. The molecule has 2 aliphatic rings. The average molecular weight is 374 g/mol. The molecule has 0 bridgehead atoms. The summed E-state index contributed by atoms with van der Waals surface area (Å²) in [5.41, 5.74) is -0.325. The first kappa shape index (κ1) is 19.2. The summed E-state index contributed by atoms with van der Waals surface area (Å²) in [6.07, 6.45) is 3.22. The number of hydrogen-bond donors (Lipinski definition) is 0. The van der Waals surface area contributed by atoms with Crippen LogP contribution in [0.15, 0.2) is 24.3 Å². The van der Waals surface area contributed by atoms with Gasteiger partial charge in [0.15, 0.2) is 5.60 Å². The lowest BCUT2D eigenvalue weighted by molar-refractivity contribution is -0.141. The molecular weight excluding hydrogens is 348 g/mol. The predicted molar refractivity (Wildman–Crippen MR) is 98.1 cm³/mol. The van der Waals surface area contributed by atoms with E-state index in [1.54, 1.807) is 12.0 Å². The van der Waals surface area contributed by atoms with Crippen molar-refractivity contribution in [3.8, 4) is 5.75 Å². The van der Waals surface area contributed by atoms with E-state index in [0.717, 1.165) is 36.1 Å². The highest BCUT2D eigenvalue weighted by Crippen LogP contribution is 2.29. The largest absolute Gasteiger partial charge is 0.496 e. The Labute approximate surface area is 159 Å². The Hall–Kier alpha value is -2.57. The third-order valence-corrected chi connectivity index (χ3v) is 5.24. The minimum Gasteiger partial charge on any atom is -0.496 e. The van der Waals surface area contributed by atoms with Crippen LogP contribution < -0.4 is 4.74 Å². The van der Waals surface area contributed by atoms with Crippen LogP contribution in [-0.2, 0) is 20.9 Å². The molecule has 1 heterocycles. The van der Waals surface area contributed by atoms with E-state index in [2.05, 4.69) is 0 Å². The quantitative estimate of drug-likeness (QED) is 0.765. The van der Waals surface area contributed by atoms with Crippen molar-refractivity contribution in [3.63, 3.8) is 0 Å². The standard InChI is InChI=1S/C20H26N2O5/c1-20(2)18(24)22(19(25)27-20)13-17(23)21(15-9-5-6-10-15)12-14-8-4-7-11-16(14)26-3/h4,7-8,11,15H,5-6,9-10,12-13H2,1-3H3. The maximum Gasteiger partial charge on any atom is 0.418 e. The number of imide groups is 1. The maximum atomic E-state index is 13.1. The van der Waals surface area contributed by atoms with Crippen molar-refractivity contribution in [2.24, 2.45) is 0 Å². The van der Waals surface area contributed by atoms with Gasteiger partial charge in [0, 0.05) is 18.2 Å². The number of cyclic esters (lactones) is 1. The molecule has 7 heteroatoms. The van der Waals surface area contributed by atoms with Crippen LogP contribution in [0.25, 0.3) is 0 Å². The molecule has 1 aromatic rings. The minimum atomic E-state index is -1.22. The predicted octanol–water partition coefficient (Wildman–Crippen LogP) is 2.72. The number of hydrogen-bond acceptors (Lipinski definition) is 5. The topological polar surface area (TPSA) is 76.2 Å². The molecule has 1 aliphatic carbocycles. The van der Waals surface area contributed by atoms with Gasteiger partial charge in [-0.15, -0.1) is 0 Å². The average Bonchev–Trinajstić information content (AvgIpc) is 3.23. The van der Waals surface area contributed by atoms with Gasteiger partial charge in [0.25, 0.3) is 5.91 Å². The SMILES string of the molecule is COc1ccccc1CN(C(=O)CN1C(=O)OC(C)(C)C1=O)C1CCCC1. The Balaban J connectivity index is 1.80. The second kappa shape index (κ2) is 7.58. The molecule has 0 spiro atoms. The third-order valence-electron chi connectivity index (χ3n) is 5.24. The van der Waals surface area contributed by atoms with Crippen LogP contribution >= 0.6 is 0 Å². The summed E-state index contributed by atoms with van der Waals surface area (Å²) in [7, 11) is 1.60. The number of amides is 3. The van der Waals surface area contributed by atoms with Crippen LogP contribution in [0, 0.1) is 0 Å². The second-order valence-corrected chi connectivity index (χ2v) is 7.54. The summed E-state index contributed by atoms with van der Waals surface area (Å²) in [5.74, 6) is -0.0218. The smallest absolute Gasteiger partial charge is 0.418 e. The summed E-state index contributed by atoms with van der Waals surface area (Å²) >= 11 is 0. The fraction of sp³-hybridized carbons (Fsp3) is 0.550. The van der Waals surface area contributed by atoms with Gasteiger partial charge in [-0.2, -0.15) is 0 Å². The van der Waals surface area contributed by atoms with E-state index in [1.807, 2.05) is 24.3 Å². The van der Waals surface area contributed by atoms with Crippen LogP contribution in [0.4, 0.5) is 4.79 Å². The zero-order valence-corrected chi connectivity index (χ0v) is 16.1. The molecule has 1 aliphatic heterocycles. The molecule has 1 saturated heterocycles. The number of rotatable bonds is 6. The van der Waals surface area contributed by atoms with Crippen molar-refractivity contribution in [3.05, 3.63) is 29.8 Å². The maximum absolute atomic E-state index is 13.1. The molecule has 0 N–H and O–H groups in total. The van der Waals surface area contributed by atoms with E-state index in [1.165, 1.54) is 13.8 Å². The van der Waals surface area contributed by atoms with E-state index < -0.39 is 17.6 Å². The van der Waals surface area contributed by atoms with Crippen molar-refractivity contribution in [2.45, 2.75) is 57.7 Å². The number of carbonyl (C=O) groups is 3. The fourth-order valence-electron chi connectivity index (χ4n) is 3.74. The van der Waals surface area contributed by atoms with Gasteiger partial charge in [-0.1, -0.05) is 31.0 Å². The van der Waals surface area contributed by atoms with Crippen LogP contribution in [-0.4, -0.2) is 53.0 Å². The first-order valence-electron chi connectivity index (χ1n) is 9.30. The molecule has 7 nitrogen and oxygen atoms in total. The van der Waals surface area contributed by atoms with Crippen LogP contribution in [0.2, 0.25) is 0 Å². The Bertz CT molecular complexity index is 740. The lowest BCUT2D eigenvalue weighted by Gasteiger charge is -2.30. The number of carbonyl (C=O) groups excluding carboxylic acids is 3. The number of nitrogens with zero attached hydrogens (tertiary/aromatic N) is 2. The Morgan fingerprint density at radius 2 is 1.93 bits per heavy atom. The number of benzene rings is 1. The zero-order chi connectivity index (χ0) is 19.6. The highest BCUT2D eigenvalue weighted by Gasteiger charge is 2.48. The number of para-hydroxylation sites is 1. The van der Waals surface area contributed by atoms with E-state index in [9.17, 15) is 14.4 Å². The first-order chi connectivity index (χ1) is 12.8. The van der Waals surface area contributed by atoms with Crippen molar-refractivity contribution < 1.29 is 23.9 Å². The lowest BCUT2D eigenvalue weighted by Crippen LogP contribution is -2.47. The van der Waals surface area contributed by atoms with Gasteiger partial charge in [-0.25, -0.2) is 9.69 Å². The van der Waals surface area contributed by atoms with Gasteiger partial charge in [0.1, 0.15) is 12.3 Å². The van der Waals surface area contributed by atoms with Crippen LogP contribution in [0.1, 0.15) is 45.1 Å². The van der Waals surface area contributed by atoms with Crippen LogP contribution in [0.5, 0.6) is 5.75 Å². The van der Waals surface area contributed by atoms with Crippen molar-refractivity contribution in [1.29, 1.82) is 0 Å². The van der Waals surface area contributed by atoms with Gasteiger partial charge < -0.3 is 14.4 Å². The molecule has 0 radical (unpaired) electrons. The highest BCUT2D eigenvalue weighted by molar-refractivity contribution is 6.04. The monoisotopic (exact) mass is 374 g/mol.